The molecule has 2 heterocycles. The number of fused-ring (bicyclic) bond motifs is 1. The fourth-order valence-corrected chi connectivity index (χ4v) is 3.96. The van der Waals surface area contributed by atoms with E-state index in [1.807, 2.05) is 66.7 Å². The Morgan fingerprint density at radius 1 is 0.857 bits per heavy atom. The van der Waals surface area contributed by atoms with E-state index in [9.17, 15) is 9.59 Å². The van der Waals surface area contributed by atoms with Gasteiger partial charge in [0.25, 0.3) is 5.91 Å². The zero-order valence-corrected chi connectivity index (χ0v) is 18.8. The summed E-state index contributed by atoms with van der Waals surface area (Å²) in [6.07, 6.45) is 3.69. The number of amides is 2. The predicted molar refractivity (Wildman–Crippen MR) is 135 cm³/mol. The molecule has 0 spiro atoms. The lowest BCUT2D eigenvalue weighted by Crippen LogP contribution is -2.45. The van der Waals surface area contributed by atoms with Gasteiger partial charge < -0.3 is 16.0 Å². The highest BCUT2D eigenvalue weighted by Gasteiger charge is 2.20. The Hall–Kier alpha value is -4.78. The van der Waals surface area contributed by atoms with Crippen LogP contribution in [-0.4, -0.2) is 32.8 Å². The van der Waals surface area contributed by atoms with E-state index >= 15 is 0 Å². The first-order chi connectivity index (χ1) is 17.1. The maximum absolute atomic E-state index is 12.9. The minimum atomic E-state index is -0.838. The SMILES string of the molecule is NC(=O)C(Cc1ccc(-c2ccccc2)cc1)NC(=O)c1ccc2nc(-c3ccncc3)[nH]c2c1. The molecule has 7 heteroatoms. The zero-order valence-electron chi connectivity index (χ0n) is 18.8. The number of aromatic amines is 1. The van der Waals surface area contributed by atoms with Crippen LogP contribution in [0.15, 0.2) is 97.3 Å². The summed E-state index contributed by atoms with van der Waals surface area (Å²) in [4.78, 5) is 36.9. The van der Waals surface area contributed by atoms with Gasteiger partial charge in [0.1, 0.15) is 11.9 Å². The normalized spacial score (nSPS) is 11.8. The second kappa shape index (κ2) is 9.61. The first kappa shape index (κ1) is 22.0. The van der Waals surface area contributed by atoms with Gasteiger partial charge in [-0.3, -0.25) is 14.6 Å². The number of H-pyrrole nitrogens is 1. The van der Waals surface area contributed by atoms with Crippen LogP contribution < -0.4 is 11.1 Å². The van der Waals surface area contributed by atoms with Crippen LogP contribution >= 0.6 is 0 Å². The molecule has 172 valence electrons. The molecule has 5 rings (SSSR count). The molecule has 35 heavy (non-hydrogen) atoms. The summed E-state index contributed by atoms with van der Waals surface area (Å²) in [5, 5.41) is 2.77. The summed E-state index contributed by atoms with van der Waals surface area (Å²) in [5.41, 5.74) is 11.5. The number of imidazole rings is 1. The lowest BCUT2D eigenvalue weighted by atomic mass is 10.00. The van der Waals surface area contributed by atoms with Gasteiger partial charge >= 0.3 is 0 Å². The summed E-state index contributed by atoms with van der Waals surface area (Å²) in [5.74, 6) is -0.279. The zero-order chi connectivity index (χ0) is 24.2. The highest BCUT2D eigenvalue weighted by Crippen LogP contribution is 2.22. The van der Waals surface area contributed by atoms with Gasteiger partial charge in [-0.2, -0.15) is 0 Å². The third-order valence-corrected chi connectivity index (χ3v) is 5.85. The number of carbonyl (C=O) groups is 2. The van der Waals surface area contributed by atoms with Crippen molar-refractivity contribution in [1.29, 1.82) is 0 Å². The van der Waals surface area contributed by atoms with Gasteiger partial charge in [0.2, 0.25) is 5.91 Å². The van der Waals surface area contributed by atoms with E-state index < -0.39 is 11.9 Å². The summed E-state index contributed by atoms with van der Waals surface area (Å²) >= 11 is 0. The second-order valence-electron chi connectivity index (χ2n) is 8.25. The highest BCUT2D eigenvalue weighted by molar-refractivity contribution is 6.00. The average Bonchev–Trinajstić information content (AvgIpc) is 3.33. The van der Waals surface area contributed by atoms with Crippen LogP contribution in [0.3, 0.4) is 0 Å². The third-order valence-electron chi connectivity index (χ3n) is 5.85. The van der Waals surface area contributed by atoms with Crippen molar-refractivity contribution in [2.24, 2.45) is 5.73 Å². The molecule has 4 N–H and O–H groups in total. The molecule has 0 aliphatic carbocycles. The van der Waals surface area contributed by atoms with Gasteiger partial charge in [-0.15, -0.1) is 0 Å². The number of carbonyl (C=O) groups excluding carboxylic acids is 2. The lowest BCUT2D eigenvalue weighted by molar-refractivity contribution is -0.119. The summed E-state index contributed by atoms with van der Waals surface area (Å²) in [6, 6.07) is 26.0. The number of nitrogens with one attached hydrogen (secondary N) is 2. The van der Waals surface area contributed by atoms with Crippen LogP contribution in [0, 0.1) is 0 Å². The van der Waals surface area contributed by atoms with Crippen molar-refractivity contribution in [3.05, 3.63) is 108 Å². The lowest BCUT2D eigenvalue weighted by Gasteiger charge is -2.16. The molecule has 1 unspecified atom stereocenters. The Morgan fingerprint density at radius 2 is 1.57 bits per heavy atom. The number of rotatable bonds is 7. The van der Waals surface area contributed by atoms with E-state index in [0.717, 1.165) is 33.3 Å². The van der Waals surface area contributed by atoms with E-state index in [1.165, 1.54) is 0 Å². The summed E-state index contributed by atoms with van der Waals surface area (Å²) in [7, 11) is 0. The van der Waals surface area contributed by atoms with Gasteiger partial charge in [0.15, 0.2) is 0 Å². The molecule has 2 aromatic heterocycles. The molecule has 2 amide bonds. The smallest absolute Gasteiger partial charge is 0.252 e. The number of nitrogens with zero attached hydrogens (tertiary/aromatic N) is 2. The standard InChI is InChI=1S/C28H23N5O2/c29-26(34)25(16-18-6-8-20(9-7-18)19-4-2-1-3-5-19)33-28(35)22-10-11-23-24(17-22)32-27(31-23)21-12-14-30-15-13-21/h1-15,17,25H,16H2,(H2,29,34)(H,31,32)(H,33,35). The number of nitrogens with two attached hydrogens (primary N) is 1. The maximum atomic E-state index is 12.9. The first-order valence-corrected chi connectivity index (χ1v) is 11.2. The third kappa shape index (κ3) is 4.94. The van der Waals surface area contributed by atoms with Gasteiger partial charge in [0, 0.05) is 29.9 Å². The van der Waals surface area contributed by atoms with Crippen molar-refractivity contribution in [3.8, 4) is 22.5 Å². The molecular weight excluding hydrogens is 438 g/mol. The Labute approximate surface area is 202 Å². The molecule has 0 fully saturated rings. The summed E-state index contributed by atoms with van der Waals surface area (Å²) in [6.45, 7) is 0. The Kier molecular flexibility index (Phi) is 6.05. The topological polar surface area (TPSA) is 114 Å². The minimum absolute atomic E-state index is 0.300. The monoisotopic (exact) mass is 461 g/mol. The van der Waals surface area contributed by atoms with Crippen molar-refractivity contribution in [3.63, 3.8) is 0 Å². The molecule has 0 saturated carbocycles. The van der Waals surface area contributed by atoms with Crippen molar-refractivity contribution >= 4 is 22.8 Å². The fraction of sp³-hybridized carbons (Fsp3) is 0.0714. The van der Waals surface area contributed by atoms with Gasteiger partial charge in [0.05, 0.1) is 11.0 Å². The van der Waals surface area contributed by atoms with Crippen LogP contribution in [0.1, 0.15) is 15.9 Å². The van der Waals surface area contributed by atoms with Gasteiger partial charge in [-0.05, 0) is 47.0 Å². The van der Waals surface area contributed by atoms with E-state index in [4.69, 9.17) is 5.73 Å². The second-order valence-corrected chi connectivity index (χ2v) is 8.25. The molecule has 0 bridgehead atoms. The number of primary amides is 1. The molecule has 5 aromatic rings. The molecule has 0 radical (unpaired) electrons. The number of aromatic nitrogens is 3. The molecular formula is C28H23N5O2. The van der Waals surface area contributed by atoms with E-state index in [-0.39, 0.29) is 5.91 Å². The molecule has 0 aliphatic rings. The van der Waals surface area contributed by atoms with E-state index in [2.05, 4.69) is 20.3 Å². The van der Waals surface area contributed by atoms with Crippen molar-refractivity contribution in [2.45, 2.75) is 12.5 Å². The average molecular weight is 462 g/mol. The maximum Gasteiger partial charge on any atom is 0.252 e. The largest absolute Gasteiger partial charge is 0.368 e. The van der Waals surface area contributed by atoms with Crippen molar-refractivity contribution in [2.75, 3.05) is 0 Å². The number of hydrogen-bond acceptors (Lipinski definition) is 4. The van der Waals surface area contributed by atoms with E-state index in [1.54, 1.807) is 30.6 Å². The minimum Gasteiger partial charge on any atom is -0.368 e. The molecule has 0 aliphatic heterocycles. The van der Waals surface area contributed by atoms with Crippen molar-refractivity contribution in [1.82, 2.24) is 20.3 Å². The fourth-order valence-electron chi connectivity index (χ4n) is 3.96. The highest BCUT2D eigenvalue weighted by atomic mass is 16.2. The van der Waals surface area contributed by atoms with Gasteiger partial charge in [-0.1, -0.05) is 54.6 Å². The number of benzene rings is 3. The summed E-state index contributed by atoms with van der Waals surface area (Å²) < 4.78 is 0. The quantitative estimate of drug-likeness (QED) is 0.338. The molecule has 0 saturated heterocycles. The molecule has 1 atom stereocenters. The molecule has 7 nitrogen and oxygen atoms in total. The van der Waals surface area contributed by atoms with Crippen LogP contribution in [0.5, 0.6) is 0 Å². The van der Waals surface area contributed by atoms with Crippen LogP contribution in [0.25, 0.3) is 33.5 Å². The Balaban J connectivity index is 1.31. The Morgan fingerprint density at radius 3 is 2.29 bits per heavy atom. The van der Waals surface area contributed by atoms with Crippen molar-refractivity contribution < 1.29 is 9.59 Å². The van der Waals surface area contributed by atoms with Crippen LogP contribution in [0.2, 0.25) is 0 Å². The van der Waals surface area contributed by atoms with E-state index in [0.29, 0.717) is 17.8 Å². The van der Waals surface area contributed by atoms with Gasteiger partial charge in [-0.25, -0.2) is 4.98 Å². The van der Waals surface area contributed by atoms with Crippen LogP contribution in [-0.2, 0) is 11.2 Å². The number of pyridine rings is 1. The number of hydrogen-bond donors (Lipinski definition) is 3. The predicted octanol–water partition coefficient (Wildman–Crippen LogP) is 4.12. The first-order valence-electron chi connectivity index (χ1n) is 11.2. The Bertz CT molecular complexity index is 1480. The van der Waals surface area contributed by atoms with Crippen LogP contribution in [0.4, 0.5) is 0 Å². The molecule has 3 aromatic carbocycles.